The molecule has 1 saturated heterocycles. The summed E-state index contributed by atoms with van der Waals surface area (Å²) in [5, 5.41) is 17.0. The molecule has 1 saturated carbocycles. The number of carbonyl (C=O) groups is 4. The van der Waals surface area contributed by atoms with E-state index in [0.29, 0.717) is 59.3 Å². The molecule has 2 bridgehead atoms. The number of fused-ring (bicyclic) bond motifs is 2. The first-order valence-corrected chi connectivity index (χ1v) is 22.8. The van der Waals surface area contributed by atoms with Crippen molar-refractivity contribution in [3.8, 4) is 22.8 Å². The van der Waals surface area contributed by atoms with Crippen LogP contribution in [0.25, 0.3) is 11.3 Å². The third-order valence-electron chi connectivity index (χ3n) is 12.7. The van der Waals surface area contributed by atoms with Crippen molar-refractivity contribution in [2.75, 3.05) is 20.7 Å². The molecule has 1 aromatic heterocycles. The summed E-state index contributed by atoms with van der Waals surface area (Å²) in [6.45, 7) is 1.02. The summed E-state index contributed by atoms with van der Waals surface area (Å²) >= 11 is 12.7. The maximum atomic E-state index is 15.4. The number of hydrogen-bond acceptors (Lipinski definition) is 8. The van der Waals surface area contributed by atoms with E-state index in [4.69, 9.17) is 27.9 Å². The van der Waals surface area contributed by atoms with Gasteiger partial charge < -0.3 is 34.8 Å². The molecule has 2 aliphatic rings. The van der Waals surface area contributed by atoms with Crippen LogP contribution in [0.5, 0.6) is 11.5 Å². The minimum absolute atomic E-state index is 0.0809. The topological polar surface area (TPSA) is 146 Å². The van der Waals surface area contributed by atoms with E-state index in [2.05, 4.69) is 15.6 Å². The molecule has 354 valence electrons. The third-order valence-corrected chi connectivity index (χ3v) is 13.2. The van der Waals surface area contributed by atoms with E-state index in [-0.39, 0.29) is 25.1 Å². The molecule has 67 heavy (non-hydrogen) atoms. The number of benzene rings is 4. The highest BCUT2D eigenvalue weighted by Crippen LogP contribution is 2.39. The van der Waals surface area contributed by atoms with Crippen molar-refractivity contribution in [3.05, 3.63) is 135 Å². The molecule has 0 spiro atoms. The van der Waals surface area contributed by atoms with Crippen molar-refractivity contribution in [3.63, 3.8) is 0 Å². The summed E-state index contributed by atoms with van der Waals surface area (Å²) < 4.78 is 53.3. The number of nitrogens with zero attached hydrogens (tertiary/aromatic N) is 4. The van der Waals surface area contributed by atoms with E-state index < -0.39 is 95.4 Å². The van der Waals surface area contributed by atoms with Crippen LogP contribution in [0.4, 0.5) is 13.2 Å². The molecule has 4 aromatic carbocycles. The Hall–Kier alpha value is -5.74. The van der Waals surface area contributed by atoms with Gasteiger partial charge in [0.2, 0.25) is 17.7 Å². The molecule has 7 rings (SSSR count). The first-order chi connectivity index (χ1) is 31.9. The fourth-order valence-corrected chi connectivity index (χ4v) is 9.47. The number of ether oxygens (including phenoxy) is 1. The number of aliphatic hydroxyl groups is 1. The molecule has 3 amide bonds. The first-order valence-electron chi connectivity index (χ1n) is 22.1. The Morgan fingerprint density at radius 3 is 2.28 bits per heavy atom. The molecule has 2 heterocycles. The van der Waals surface area contributed by atoms with Gasteiger partial charge in [0, 0.05) is 69.7 Å². The number of nitrogens with one attached hydrogen (secondary N) is 2. The summed E-state index contributed by atoms with van der Waals surface area (Å²) in [4.78, 5) is 65.9. The lowest BCUT2D eigenvalue weighted by Crippen LogP contribution is -2.61. The van der Waals surface area contributed by atoms with E-state index in [9.17, 15) is 28.7 Å². The predicted molar refractivity (Wildman–Crippen MR) is 248 cm³/mol. The summed E-state index contributed by atoms with van der Waals surface area (Å²) in [6.07, 6.45) is 2.18. The number of amides is 3. The van der Waals surface area contributed by atoms with Crippen molar-refractivity contribution in [1.29, 1.82) is 0 Å². The van der Waals surface area contributed by atoms with Crippen molar-refractivity contribution < 1.29 is 42.2 Å². The van der Waals surface area contributed by atoms with E-state index in [0.717, 1.165) is 22.6 Å². The van der Waals surface area contributed by atoms with Crippen molar-refractivity contribution in [1.82, 2.24) is 30.0 Å². The van der Waals surface area contributed by atoms with Crippen LogP contribution in [0.1, 0.15) is 61.5 Å². The van der Waals surface area contributed by atoms with Gasteiger partial charge in [0.1, 0.15) is 52.6 Å². The molecule has 1 aliphatic carbocycles. The summed E-state index contributed by atoms with van der Waals surface area (Å²) in [5.41, 5.74) is 1.33. The lowest BCUT2D eigenvalue weighted by molar-refractivity contribution is -0.145. The van der Waals surface area contributed by atoms with Gasteiger partial charge in [-0.2, -0.15) is 0 Å². The van der Waals surface area contributed by atoms with Gasteiger partial charge in [-0.1, -0.05) is 47.8 Å². The lowest BCUT2D eigenvalue weighted by atomic mass is 9.69. The molecule has 5 atom stereocenters. The molecule has 1 unspecified atom stereocenters. The molecule has 12 nitrogen and oxygen atoms in total. The molecule has 1 aliphatic heterocycles. The third kappa shape index (κ3) is 11.7. The van der Waals surface area contributed by atoms with E-state index in [1.165, 1.54) is 11.8 Å². The number of aliphatic hydroxyl groups excluding tert-OH is 1. The van der Waals surface area contributed by atoms with Crippen LogP contribution >= 0.6 is 23.2 Å². The fraction of sp³-hybridized carbons (Fsp3) is 0.380. The molecule has 2 fully saturated rings. The Morgan fingerprint density at radius 1 is 0.925 bits per heavy atom. The average Bonchev–Trinajstić information content (AvgIpc) is 3.64. The second kappa shape index (κ2) is 21.1. The molecule has 0 radical (unpaired) electrons. The van der Waals surface area contributed by atoms with Crippen molar-refractivity contribution in [2.24, 2.45) is 18.9 Å². The van der Waals surface area contributed by atoms with Gasteiger partial charge in [-0.25, -0.2) is 18.2 Å². The average molecular weight is 962 g/mol. The molecular weight excluding hydrogens is 908 g/mol. The van der Waals surface area contributed by atoms with Gasteiger partial charge in [-0.3, -0.25) is 19.2 Å². The van der Waals surface area contributed by atoms with Gasteiger partial charge in [-0.15, -0.1) is 0 Å². The van der Waals surface area contributed by atoms with Crippen LogP contribution in [0.15, 0.2) is 85.1 Å². The lowest BCUT2D eigenvalue weighted by Gasteiger charge is -2.43. The van der Waals surface area contributed by atoms with Gasteiger partial charge in [0.15, 0.2) is 0 Å². The minimum atomic E-state index is -1.44. The highest BCUT2D eigenvalue weighted by Gasteiger charge is 2.44. The highest BCUT2D eigenvalue weighted by molar-refractivity contribution is 6.31. The number of hydrogen-bond donors (Lipinski definition) is 3. The number of rotatable bonds is 12. The molecule has 5 aromatic rings. The predicted octanol–water partition coefficient (Wildman–Crippen LogP) is 7.98. The van der Waals surface area contributed by atoms with Gasteiger partial charge in [-0.05, 0) is 107 Å². The Morgan fingerprint density at radius 2 is 1.61 bits per heavy atom. The number of imidazole rings is 1. The number of carbonyl (C=O) groups excluding carboxylic acids is 4. The Bertz CT molecular complexity index is 2610. The summed E-state index contributed by atoms with van der Waals surface area (Å²) in [6, 6.07) is 17.3. The zero-order valence-electron chi connectivity index (χ0n) is 37.6. The standard InChI is InChI=1S/C50H53Cl2F3N6O6/c1-29-48(65)57-42(28-62)49(66)58-50(23-30-7-12-35(51)13-8-30)17-5-6-32(24-50)47(64)34(18-39-40(54)21-37(53)22-41(39)55)19-46(63)61(29)26-33-9-14-36(52)20-44(33)67-38-15-10-31(11-16-38)43-25-56-45(60(43)4)27-59(2)3/h7-16,20-22,25,29,32,34,42,62H,5-6,17-19,23-24,26-28H2,1-4H3,(H,57,65)(H,58,66)/t29-,32?,34+,42-,50+/m0/s1. The molecular formula is C50H53Cl2F3N6O6. The maximum Gasteiger partial charge on any atom is 0.245 e. The monoisotopic (exact) mass is 960 g/mol. The largest absolute Gasteiger partial charge is 0.457 e. The van der Waals surface area contributed by atoms with E-state index in [1.54, 1.807) is 60.8 Å². The minimum Gasteiger partial charge on any atom is -0.457 e. The fourth-order valence-electron chi connectivity index (χ4n) is 9.19. The van der Waals surface area contributed by atoms with Gasteiger partial charge >= 0.3 is 0 Å². The zero-order valence-corrected chi connectivity index (χ0v) is 39.1. The number of ketones is 1. The van der Waals surface area contributed by atoms with Crippen LogP contribution in [0, 0.1) is 29.3 Å². The number of Topliss-reactive ketones (excluding diaryl/α,β-unsaturated/α-hetero) is 1. The van der Waals surface area contributed by atoms with Crippen LogP contribution < -0.4 is 15.4 Å². The SMILES string of the molecule is C[C@H]1C(=O)N[C@@H](CO)C(=O)N[C@@]2(Cc3ccc(Cl)cc3)CCCC(C2)C(=O)[C@H](Cc2c(F)cc(F)cc2F)CC(=O)N1Cc1ccc(Cl)cc1Oc1ccc(-c2cnc(CN(C)C)n2C)cc1. The van der Waals surface area contributed by atoms with Crippen molar-refractivity contribution in [2.45, 2.75) is 82.6 Å². The molecule has 3 N–H and O–H groups in total. The Labute approximate surface area is 397 Å². The zero-order chi connectivity index (χ0) is 48.2. The normalized spacial score (nSPS) is 21.8. The Kier molecular flexibility index (Phi) is 15.5. The molecule has 17 heteroatoms. The van der Waals surface area contributed by atoms with E-state index >= 15 is 8.78 Å². The highest BCUT2D eigenvalue weighted by atomic mass is 35.5. The second-order valence-corrected chi connectivity index (χ2v) is 18.8. The van der Waals surface area contributed by atoms with Gasteiger partial charge in [0.25, 0.3) is 0 Å². The summed E-state index contributed by atoms with van der Waals surface area (Å²) in [5.74, 6) is -6.86. The summed E-state index contributed by atoms with van der Waals surface area (Å²) in [7, 11) is 5.87. The van der Waals surface area contributed by atoms with Crippen LogP contribution in [-0.2, 0) is 52.2 Å². The van der Waals surface area contributed by atoms with Crippen molar-refractivity contribution >= 4 is 46.7 Å². The first kappa shape index (κ1) is 49.2. The van der Waals surface area contributed by atoms with Gasteiger partial charge in [0.05, 0.1) is 31.6 Å². The van der Waals surface area contributed by atoms with Crippen LogP contribution in [0.2, 0.25) is 10.0 Å². The maximum absolute atomic E-state index is 15.4. The Balaban J connectivity index is 1.24. The smallest absolute Gasteiger partial charge is 0.245 e. The van der Waals surface area contributed by atoms with E-state index in [1.807, 2.05) is 42.7 Å². The van der Waals surface area contributed by atoms with Crippen LogP contribution in [0.3, 0.4) is 0 Å². The quantitative estimate of drug-likeness (QED) is 0.114. The number of aromatic nitrogens is 2. The number of halogens is 5. The van der Waals surface area contributed by atoms with Crippen LogP contribution in [-0.4, -0.2) is 86.3 Å². The second-order valence-electron chi connectivity index (χ2n) is 17.9.